The number of carbonyl (C=O) groups is 1. The second kappa shape index (κ2) is 8.50. The van der Waals surface area contributed by atoms with Crippen molar-refractivity contribution in [3.05, 3.63) is 29.8 Å². The quantitative estimate of drug-likeness (QED) is 0.818. The topological polar surface area (TPSA) is 75.7 Å². The lowest BCUT2D eigenvalue weighted by atomic mass is 9.97. The van der Waals surface area contributed by atoms with Gasteiger partial charge >= 0.3 is 0 Å². The first-order chi connectivity index (χ1) is 12.5. The summed E-state index contributed by atoms with van der Waals surface area (Å²) in [6.45, 7) is 4.14. The zero-order valence-electron chi connectivity index (χ0n) is 15.3. The molecule has 2 aliphatic heterocycles. The van der Waals surface area contributed by atoms with Gasteiger partial charge in [0.1, 0.15) is 0 Å². The van der Waals surface area contributed by atoms with Gasteiger partial charge in [-0.1, -0.05) is 19.1 Å². The van der Waals surface area contributed by atoms with Gasteiger partial charge in [0.25, 0.3) is 0 Å². The first kappa shape index (κ1) is 19.3. The predicted molar refractivity (Wildman–Crippen MR) is 99.3 cm³/mol. The first-order valence-corrected chi connectivity index (χ1v) is 10.9. The van der Waals surface area contributed by atoms with E-state index in [1.54, 1.807) is 12.1 Å². The van der Waals surface area contributed by atoms with Gasteiger partial charge in [0.15, 0.2) is 0 Å². The molecule has 26 heavy (non-hydrogen) atoms. The van der Waals surface area contributed by atoms with Crippen molar-refractivity contribution in [1.82, 2.24) is 9.62 Å². The molecule has 3 rings (SSSR count). The van der Waals surface area contributed by atoms with Crippen LogP contribution in [0.2, 0.25) is 0 Å². The Kier molecular flexibility index (Phi) is 6.32. The van der Waals surface area contributed by atoms with Crippen LogP contribution in [0.15, 0.2) is 29.2 Å². The Bertz CT molecular complexity index is 704. The average molecular weight is 381 g/mol. The maximum Gasteiger partial charge on any atom is 0.243 e. The van der Waals surface area contributed by atoms with Crippen LogP contribution in [0.4, 0.5) is 0 Å². The van der Waals surface area contributed by atoms with Crippen molar-refractivity contribution in [2.45, 2.75) is 50.0 Å². The van der Waals surface area contributed by atoms with Crippen LogP contribution in [0.25, 0.3) is 0 Å². The maximum atomic E-state index is 12.8. The summed E-state index contributed by atoms with van der Waals surface area (Å²) in [5.74, 6) is -0.102. The van der Waals surface area contributed by atoms with Gasteiger partial charge in [0, 0.05) is 32.2 Å². The number of nitrogens with one attached hydrogen (secondary N) is 1. The Morgan fingerprint density at radius 3 is 2.46 bits per heavy atom. The van der Waals surface area contributed by atoms with Crippen LogP contribution in [0.5, 0.6) is 0 Å². The van der Waals surface area contributed by atoms with Gasteiger partial charge in [-0.2, -0.15) is 4.31 Å². The minimum Gasteiger partial charge on any atom is -0.376 e. The molecule has 1 unspecified atom stereocenters. The Hall–Kier alpha value is -1.44. The monoisotopic (exact) mass is 380 g/mol. The van der Waals surface area contributed by atoms with Gasteiger partial charge in [0.05, 0.1) is 11.0 Å². The molecule has 2 saturated heterocycles. The second-order valence-electron chi connectivity index (χ2n) is 7.06. The number of sulfonamides is 1. The molecule has 2 aliphatic rings. The smallest absolute Gasteiger partial charge is 0.243 e. The fourth-order valence-electron chi connectivity index (χ4n) is 3.57. The molecule has 0 spiro atoms. The molecule has 1 atom stereocenters. The Morgan fingerprint density at radius 2 is 1.88 bits per heavy atom. The van der Waals surface area contributed by atoms with Gasteiger partial charge in [-0.25, -0.2) is 8.42 Å². The van der Waals surface area contributed by atoms with Crippen LogP contribution in [0.1, 0.15) is 38.2 Å². The zero-order chi connectivity index (χ0) is 18.6. The van der Waals surface area contributed by atoms with E-state index < -0.39 is 10.0 Å². The van der Waals surface area contributed by atoms with Crippen molar-refractivity contribution < 1.29 is 17.9 Å². The third-order valence-electron chi connectivity index (χ3n) is 5.32. The number of aryl methyl sites for hydroxylation is 1. The minimum atomic E-state index is -3.48. The number of carbonyl (C=O) groups excluding carboxylic acids is 1. The van der Waals surface area contributed by atoms with Crippen molar-refractivity contribution in [2.24, 2.45) is 5.92 Å². The molecule has 144 valence electrons. The lowest BCUT2D eigenvalue weighted by Gasteiger charge is -2.30. The molecule has 2 fully saturated rings. The molecule has 1 amide bonds. The van der Waals surface area contributed by atoms with Crippen LogP contribution in [-0.4, -0.2) is 51.0 Å². The number of amides is 1. The van der Waals surface area contributed by atoms with Crippen LogP contribution < -0.4 is 5.32 Å². The maximum absolute atomic E-state index is 12.8. The number of hydrogen-bond donors (Lipinski definition) is 1. The molecule has 1 aromatic carbocycles. The van der Waals surface area contributed by atoms with Crippen molar-refractivity contribution >= 4 is 15.9 Å². The van der Waals surface area contributed by atoms with Gasteiger partial charge < -0.3 is 10.1 Å². The van der Waals surface area contributed by atoms with Gasteiger partial charge in [-0.15, -0.1) is 0 Å². The highest BCUT2D eigenvalue weighted by atomic mass is 32.2. The number of hydrogen-bond acceptors (Lipinski definition) is 4. The van der Waals surface area contributed by atoms with E-state index in [-0.39, 0.29) is 17.9 Å². The second-order valence-corrected chi connectivity index (χ2v) is 8.99. The van der Waals surface area contributed by atoms with Gasteiger partial charge in [-0.3, -0.25) is 4.79 Å². The van der Waals surface area contributed by atoms with E-state index >= 15 is 0 Å². The first-order valence-electron chi connectivity index (χ1n) is 9.49. The minimum absolute atomic E-state index is 0.0184. The van der Waals surface area contributed by atoms with E-state index in [1.165, 1.54) is 4.31 Å². The molecule has 0 bridgehead atoms. The van der Waals surface area contributed by atoms with E-state index in [9.17, 15) is 13.2 Å². The fraction of sp³-hybridized carbons (Fsp3) is 0.632. The predicted octanol–water partition coefficient (Wildman–Crippen LogP) is 1.94. The SMILES string of the molecule is CCc1ccc(S(=O)(=O)N2CCC(C(=O)NCC3CCCO3)CC2)cc1. The number of nitrogens with zero attached hydrogens (tertiary/aromatic N) is 1. The largest absolute Gasteiger partial charge is 0.376 e. The van der Waals surface area contributed by atoms with Crippen molar-refractivity contribution in [3.63, 3.8) is 0 Å². The van der Waals surface area contributed by atoms with Crippen molar-refractivity contribution in [2.75, 3.05) is 26.2 Å². The van der Waals surface area contributed by atoms with E-state index in [4.69, 9.17) is 4.74 Å². The summed E-state index contributed by atoms with van der Waals surface area (Å²) >= 11 is 0. The van der Waals surface area contributed by atoms with E-state index in [1.807, 2.05) is 19.1 Å². The van der Waals surface area contributed by atoms with Gasteiger partial charge in [0.2, 0.25) is 15.9 Å². The van der Waals surface area contributed by atoms with Gasteiger partial charge in [-0.05, 0) is 49.8 Å². The summed E-state index contributed by atoms with van der Waals surface area (Å²) < 4.78 is 32.6. The van der Waals surface area contributed by atoms with Crippen molar-refractivity contribution in [3.8, 4) is 0 Å². The van der Waals surface area contributed by atoms with E-state index in [0.29, 0.717) is 37.4 Å². The zero-order valence-corrected chi connectivity index (χ0v) is 16.1. The number of rotatable bonds is 6. The highest BCUT2D eigenvalue weighted by Crippen LogP contribution is 2.24. The molecule has 2 heterocycles. The molecule has 0 aromatic heterocycles. The van der Waals surface area contributed by atoms with Crippen LogP contribution in [0, 0.1) is 5.92 Å². The Labute approximate surface area is 156 Å². The number of benzene rings is 1. The summed E-state index contributed by atoms with van der Waals surface area (Å²) in [5, 5.41) is 2.96. The number of piperidine rings is 1. The standard InChI is InChI=1S/C19H28N2O4S/c1-2-15-5-7-18(8-6-15)26(23,24)21-11-9-16(10-12-21)19(22)20-14-17-4-3-13-25-17/h5-8,16-17H,2-4,9-14H2,1H3,(H,20,22). The fourth-order valence-corrected chi connectivity index (χ4v) is 5.04. The molecule has 0 aliphatic carbocycles. The lowest BCUT2D eigenvalue weighted by molar-refractivity contribution is -0.126. The summed E-state index contributed by atoms with van der Waals surface area (Å²) in [4.78, 5) is 12.6. The van der Waals surface area contributed by atoms with Crippen molar-refractivity contribution in [1.29, 1.82) is 0 Å². The molecule has 6 nitrogen and oxygen atoms in total. The molecule has 1 aromatic rings. The molecule has 1 N–H and O–H groups in total. The lowest BCUT2D eigenvalue weighted by Crippen LogP contribution is -2.44. The van der Waals surface area contributed by atoms with Crippen LogP contribution in [0.3, 0.4) is 0 Å². The molecule has 7 heteroatoms. The summed E-state index contributed by atoms with van der Waals surface area (Å²) in [5.41, 5.74) is 1.12. The molecule has 0 saturated carbocycles. The van der Waals surface area contributed by atoms with E-state index in [2.05, 4.69) is 5.32 Å². The number of ether oxygens (including phenoxy) is 1. The summed E-state index contributed by atoms with van der Waals surface area (Å²) in [6.07, 6.45) is 4.18. The van der Waals surface area contributed by atoms with Crippen LogP contribution in [-0.2, 0) is 26.0 Å². The Balaban J connectivity index is 1.52. The average Bonchev–Trinajstić information content (AvgIpc) is 3.20. The highest BCUT2D eigenvalue weighted by Gasteiger charge is 2.32. The van der Waals surface area contributed by atoms with E-state index in [0.717, 1.165) is 31.4 Å². The highest BCUT2D eigenvalue weighted by molar-refractivity contribution is 7.89. The normalized spacial score (nSPS) is 22.4. The molecular weight excluding hydrogens is 352 g/mol. The Morgan fingerprint density at radius 1 is 1.19 bits per heavy atom. The molecule has 0 radical (unpaired) electrons. The third kappa shape index (κ3) is 4.45. The van der Waals surface area contributed by atoms with Crippen LogP contribution >= 0.6 is 0 Å². The third-order valence-corrected chi connectivity index (χ3v) is 7.23. The summed E-state index contributed by atoms with van der Waals surface area (Å²) in [6, 6.07) is 7.07. The molecular formula is C19H28N2O4S. The summed E-state index contributed by atoms with van der Waals surface area (Å²) in [7, 11) is -3.48.